The summed E-state index contributed by atoms with van der Waals surface area (Å²) in [5.41, 5.74) is 6.34. The maximum absolute atomic E-state index is 6.34. The summed E-state index contributed by atoms with van der Waals surface area (Å²) in [6, 6.07) is 0.753. The molecule has 2 aliphatic rings. The van der Waals surface area contributed by atoms with Crippen molar-refractivity contribution in [2.24, 2.45) is 11.7 Å². The van der Waals surface area contributed by atoms with Crippen molar-refractivity contribution in [3.63, 3.8) is 0 Å². The van der Waals surface area contributed by atoms with Crippen molar-refractivity contribution in [2.45, 2.75) is 24.9 Å². The highest BCUT2D eigenvalue weighted by atomic mass is 16.5. The Morgan fingerprint density at radius 2 is 2.13 bits per heavy atom. The third-order valence-electron chi connectivity index (χ3n) is 3.68. The summed E-state index contributed by atoms with van der Waals surface area (Å²) in [7, 11) is 2.17. The summed E-state index contributed by atoms with van der Waals surface area (Å²) >= 11 is 0. The first-order chi connectivity index (χ1) is 7.27. The first-order valence-electron chi connectivity index (χ1n) is 6.02. The van der Waals surface area contributed by atoms with E-state index >= 15 is 0 Å². The SMILES string of the molecule is CN1CCNC(C(N)C2CCOCC2)C1. The Bertz CT molecular complexity index is 194. The standard InChI is InChI=1S/C11H23N3O/c1-14-5-4-13-10(8-14)11(12)9-2-6-15-7-3-9/h9-11,13H,2-8,12H2,1H3. The first kappa shape index (κ1) is 11.3. The Labute approximate surface area is 92.1 Å². The molecule has 88 valence electrons. The summed E-state index contributed by atoms with van der Waals surface area (Å²) in [4.78, 5) is 2.36. The molecule has 0 radical (unpaired) electrons. The summed E-state index contributed by atoms with van der Waals surface area (Å²) in [6.07, 6.45) is 2.26. The summed E-state index contributed by atoms with van der Waals surface area (Å²) in [6.45, 7) is 5.06. The smallest absolute Gasteiger partial charge is 0.0469 e. The van der Waals surface area contributed by atoms with Crippen LogP contribution in [-0.2, 0) is 4.74 Å². The number of nitrogens with zero attached hydrogens (tertiary/aromatic N) is 1. The zero-order valence-electron chi connectivity index (χ0n) is 9.61. The second kappa shape index (κ2) is 5.25. The lowest BCUT2D eigenvalue weighted by atomic mass is 9.87. The second-order valence-electron chi connectivity index (χ2n) is 4.85. The van der Waals surface area contributed by atoms with Crippen molar-refractivity contribution in [3.8, 4) is 0 Å². The molecule has 0 aromatic carbocycles. The van der Waals surface area contributed by atoms with Gasteiger partial charge in [-0.2, -0.15) is 0 Å². The lowest BCUT2D eigenvalue weighted by molar-refractivity contribution is 0.0495. The Morgan fingerprint density at radius 1 is 1.40 bits per heavy atom. The molecule has 2 atom stereocenters. The van der Waals surface area contributed by atoms with Crippen molar-refractivity contribution < 1.29 is 4.74 Å². The summed E-state index contributed by atoms with van der Waals surface area (Å²) < 4.78 is 5.37. The normalized spacial score (nSPS) is 32.8. The van der Waals surface area contributed by atoms with Crippen molar-refractivity contribution in [1.82, 2.24) is 10.2 Å². The number of nitrogens with one attached hydrogen (secondary N) is 1. The maximum Gasteiger partial charge on any atom is 0.0469 e. The van der Waals surface area contributed by atoms with Gasteiger partial charge < -0.3 is 20.7 Å². The van der Waals surface area contributed by atoms with Crippen molar-refractivity contribution >= 4 is 0 Å². The van der Waals surface area contributed by atoms with Crippen LogP contribution in [-0.4, -0.2) is 56.9 Å². The second-order valence-corrected chi connectivity index (χ2v) is 4.85. The van der Waals surface area contributed by atoms with E-state index in [2.05, 4.69) is 17.3 Å². The highest BCUT2D eigenvalue weighted by molar-refractivity contribution is 4.90. The molecule has 4 heteroatoms. The van der Waals surface area contributed by atoms with Gasteiger partial charge in [0.2, 0.25) is 0 Å². The number of likely N-dealkylation sites (N-methyl/N-ethyl adjacent to an activating group) is 1. The fourth-order valence-electron chi connectivity index (χ4n) is 2.62. The van der Waals surface area contributed by atoms with E-state index in [1.54, 1.807) is 0 Å². The minimum atomic E-state index is 0.289. The molecule has 2 aliphatic heterocycles. The molecule has 0 bridgehead atoms. The number of hydrogen-bond acceptors (Lipinski definition) is 4. The number of hydrogen-bond donors (Lipinski definition) is 2. The predicted molar refractivity (Wildman–Crippen MR) is 60.8 cm³/mol. The van der Waals surface area contributed by atoms with Gasteiger partial charge in [-0.15, -0.1) is 0 Å². The molecule has 0 aromatic heterocycles. The molecule has 0 saturated carbocycles. The molecule has 0 aromatic rings. The zero-order chi connectivity index (χ0) is 10.7. The van der Waals surface area contributed by atoms with Gasteiger partial charge in [-0.1, -0.05) is 0 Å². The highest BCUT2D eigenvalue weighted by Crippen LogP contribution is 2.20. The van der Waals surface area contributed by atoms with E-state index in [0.717, 1.165) is 45.7 Å². The Kier molecular flexibility index (Phi) is 3.97. The van der Waals surface area contributed by atoms with Gasteiger partial charge in [0.15, 0.2) is 0 Å². The number of nitrogens with two attached hydrogens (primary N) is 1. The minimum absolute atomic E-state index is 0.289. The topological polar surface area (TPSA) is 50.5 Å². The third-order valence-corrected chi connectivity index (χ3v) is 3.68. The summed E-state index contributed by atoms with van der Waals surface area (Å²) in [5, 5.41) is 3.54. The Hall–Kier alpha value is -0.160. The van der Waals surface area contributed by atoms with Crippen LogP contribution in [0.4, 0.5) is 0 Å². The van der Waals surface area contributed by atoms with E-state index in [9.17, 15) is 0 Å². The van der Waals surface area contributed by atoms with Crippen molar-refractivity contribution in [2.75, 3.05) is 39.9 Å². The van der Waals surface area contributed by atoms with Gasteiger partial charge in [-0.25, -0.2) is 0 Å². The molecule has 2 fully saturated rings. The molecule has 0 amide bonds. The largest absolute Gasteiger partial charge is 0.381 e. The maximum atomic E-state index is 6.34. The van der Waals surface area contributed by atoms with E-state index in [1.807, 2.05) is 0 Å². The molecule has 0 spiro atoms. The molecule has 3 N–H and O–H groups in total. The van der Waals surface area contributed by atoms with E-state index < -0.39 is 0 Å². The number of piperazine rings is 1. The van der Waals surface area contributed by atoms with Gasteiger partial charge in [0.25, 0.3) is 0 Å². The van der Waals surface area contributed by atoms with E-state index in [1.165, 1.54) is 0 Å². The van der Waals surface area contributed by atoms with Crippen LogP contribution in [0.1, 0.15) is 12.8 Å². The van der Waals surface area contributed by atoms with Gasteiger partial charge >= 0.3 is 0 Å². The quantitative estimate of drug-likeness (QED) is 0.658. The fraction of sp³-hybridized carbons (Fsp3) is 1.00. The van der Waals surface area contributed by atoms with Gasteiger partial charge in [0, 0.05) is 44.9 Å². The fourth-order valence-corrected chi connectivity index (χ4v) is 2.62. The lowest BCUT2D eigenvalue weighted by Crippen LogP contribution is -2.59. The first-order valence-corrected chi connectivity index (χ1v) is 6.02. The average molecular weight is 213 g/mol. The lowest BCUT2D eigenvalue weighted by Gasteiger charge is -2.38. The molecule has 15 heavy (non-hydrogen) atoms. The van der Waals surface area contributed by atoms with E-state index in [0.29, 0.717) is 12.0 Å². The van der Waals surface area contributed by atoms with Crippen LogP contribution >= 0.6 is 0 Å². The van der Waals surface area contributed by atoms with Crippen LogP contribution in [0.15, 0.2) is 0 Å². The number of ether oxygens (including phenoxy) is 1. The molecule has 0 aliphatic carbocycles. The van der Waals surface area contributed by atoms with E-state index in [4.69, 9.17) is 10.5 Å². The van der Waals surface area contributed by atoms with Gasteiger partial charge in [0.05, 0.1) is 0 Å². The van der Waals surface area contributed by atoms with Crippen LogP contribution in [0.25, 0.3) is 0 Å². The molecular formula is C11H23N3O. The minimum Gasteiger partial charge on any atom is -0.381 e. The molecule has 4 nitrogen and oxygen atoms in total. The van der Waals surface area contributed by atoms with Crippen molar-refractivity contribution in [1.29, 1.82) is 0 Å². The molecule has 2 saturated heterocycles. The average Bonchev–Trinajstić information content (AvgIpc) is 2.29. The van der Waals surface area contributed by atoms with Crippen LogP contribution in [0.5, 0.6) is 0 Å². The van der Waals surface area contributed by atoms with Gasteiger partial charge in [-0.3, -0.25) is 0 Å². The third kappa shape index (κ3) is 2.91. The molecular weight excluding hydrogens is 190 g/mol. The predicted octanol–water partition coefficient (Wildman–Crippen LogP) is -0.356. The van der Waals surface area contributed by atoms with Crippen LogP contribution in [0, 0.1) is 5.92 Å². The zero-order valence-corrected chi connectivity index (χ0v) is 9.61. The van der Waals surface area contributed by atoms with Gasteiger partial charge in [0.1, 0.15) is 0 Å². The Balaban J connectivity index is 1.85. The van der Waals surface area contributed by atoms with E-state index in [-0.39, 0.29) is 6.04 Å². The van der Waals surface area contributed by atoms with Crippen LogP contribution in [0.2, 0.25) is 0 Å². The van der Waals surface area contributed by atoms with Crippen LogP contribution in [0.3, 0.4) is 0 Å². The van der Waals surface area contributed by atoms with Crippen LogP contribution < -0.4 is 11.1 Å². The Morgan fingerprint density at radius 3 is 2.80 bits per heavy atom. The molecule has 2 unspecified atom stereocenters. The number of rotatable bonds is 2. The monoisotopic (exact) mass is 213 g/mol. The molecule has 2 heterocycles. The summed E-state index contributed by atoms with van der Waals surface area (Å²) in [5.74, 6) is 0.641. The molecule has 2 rings (SSSR count). The highest BCUT2D eigenvalue weighted by Gasteiger charge is 2.29. The van der Waals surface area contributed by atoms with Gasteiger partial charge in [-0.05, 0) is 25.8 Å². The van der Waals surface area contributed by atoms with Crippen molar-refractivity contribution in [3.05, 3.63) is 0 Å².